The van der Waals surface area contributed by atoms with Gasteiger partial charge in [-0.3, -0.25) is 9.69 Å². The molecule has 0 N–H and O–H groups in total. The van der Waals surface area contributed by atoms with Gasteiger partial charge in [-0.1, -0.05) is 52.7 Å². The summed E-state index contributed by atoms with van der Waals surface area (Å²) in [5, 5.41) is 4.76. The van der Waals surface area contributed by atoms with Gasteiger partial charge in [0.1, 0.15) is 12.4 Å². The van der Waals surface area contributed by atoms with Gasteiger partial charge < -0.3 is 14.2 Å². The fraction of sp³-hybridized carbons (Fsp3) is 0.269. The molecule has 2 aliphatic heterocycles. The van der Waals surface area contributed by atoms with Gasteiger partial charge in [0.05, 0.1) is 6.54 Å². The van der Waals surface area contributed by atoms with E-state index in [9.17, 15) is 4.79 Å². The molecule has 1 aromatic heterocycles. The summed E-state index contributed by atoms with van der Waals surface area (Å²) in [5.74, 6) is 1.98. The third-order valence-corrected chi connectivity index (χ3v) is 6.20. The van der Waals surface area contributed by atoms with Gasteiger partial charge in [-0.2, -0.15) is 4.98 Å². The minimum atomic E-state index is -0.00288. The van der Waals surface area contributed by atoms with Crippen LogP contribution in [-0.2, 0) is 11.3 Å². The monoisotopic (exact) mass is 476 g/mol. The van der Waals surface area contributed by atoms with Crippen LogP contribution in [0.2, 0.25) is 5.02 Å². The molecule has 3 aromatic rings. The van der Waals surface area contributed by atoms with Crippen LogP contribution < -0.4 is 4.74 Å². The van der Waals surface area contributed by atoms with Crippen molar-refractivity contribution < 1.29 is 14.1 Å². The number of fused-ring (bicyclic) bond motifs is 1. The molecule has 1 fully saturated rings. The summed E-state index contributed by atoms with van der Waals surface area (Å²) >= 11 is 6.07. The lowest BCUT2D eigenvalue weighted by Gasteiger charge is -2.33. The van der Waals surface area contributed by atoms with Crippen molar-refractivity contribution in [3.63, 3.8) is 0 Å². The first-order valence-electron chi connectivity index (χ1n) is 11.3. The van der Waals surface area contributed by atoms with Crippen molar-refractivity contribution >= 4 is 23.6 Å². The molecule has 0 unspecified atom stereocenters. The minimum Gasteiger partial charge on any atom is -0.488 e. The molecule has 2 aromatic carbocycles. The fourth-order valence-corrected chi connectivity index (χ4v) is 4.18. The number of rotatable bonds is 5. The highest BCUT2D eigenvalue weighted by Crippen LogP contribution is 2.29. The van der Waals surface area contributed by atoms with Crippen LogP contribution in [0.5, 0.6) is 5.75 Å². The van der Waals surface area contributed by atoms with E-state index >= 15 is 0 Å². The van der Waals surface area contributed by atoms with Gasteiger partial charge in [0.2, 0.25) is 17.6 Å². The molecule has 0 radical (unpaired) electrons. The quantitative estimate of drug-likeness (QED) is 0.509. The lowest BCUT2D eigenvalue weighted by Crippen LogP contribution is -2.47. The molecule has 8 heteroatoms. The van der Waals surface area contributed by atoms with E-state index in [4.69, 9.17) is 20.9 Å². The molecule has 0 spiro atoms. The zero-order valence-electron chi connectivity index (χ0n) is 18.9. The molecule has 34 heavy (non-hydrogen) atoms. The first kappa shape index (κ1) is 22.4. The average molecular weight is 477 g/mol. The Kier molecular flexibility index (Phi) is 6.47. The van der Waals surface area contributed by atoms with Crippen LogP contribution in [0.4, 0.5) is 0 Å². The number of hydrogen-bond acceptors (Lipinski definition) is 6. The van der Waals surface area contributed by atoms with E-state index in [0.717, 1.165) is 35.5 Å². The number of benzene rings is 2. The highest BCUT2D eigenvalue weighted by atomic mass is 35.5. The Labute approximate surface area is 203 Å². The second kappa shape index (κ2) is 9.83. The Balaban J connectivity index is 1.13. The van der Waals surface area contributed by atoms with Gasteiger partial charge in [-0.05, 0) is 36.8 Å². The largest absolute Gasteiger partial charge is 0.488 e. The number of piperazine rings is 1. The van der Waals surface area contributed by atoms with Crippen molar-refractivity contribution in [1.29, 1.82) is 0 Å². The van der Waals surface area contributed by atoms with Crippen LogP contribution in [-0.4, -0.2) is 58.6 Å². The number of nitrogens with zero attached hydrogens (tertiary/aromatic N) is 4. The number of carbonyl (C=O) groups is 1. The lowest BCUT2D eigenvalue weighted by atomic mass is 10.1. The highest BCUT2D eigenvalue weighted by molar-refractivity contribution is 6.30. The second-order valence-electron chi connectivity index (χ2n) is 8.50. The Bertz CT molecular complexity index is 1240. The third-order valence-electron chi connectivity index (χ3n) is 5.97. The van der Waals surface area contributed by atoms with Crippen LogP contribution in [0.3, 0.4) is 0 Å². The smallest absolute Gasteiger partial charge is 0.246 e. The molecule has 2 aliphatic rings. The van der Waals surface area contributed by atoms with Crippen LogP contribution >= 0.6 is 11.6 Å². The van der Waals surface area contributed by atoms with Crippen LogP contribution in [0, 0.1) is 6.92 Å². The van der Waals surface area contributed by atoms with Gasteiger partial charge in [-0.15, -0.1) is 0 Å². The Morgan fingerprint density at radius 1 is 1.12 bits per heavy atom. The minimum absolute atomic E-state index is 0.00288. The maximum atomic E-state index is 12.7. The van der Waals surface area contributed by atoms with Crippen LogP contribution in [0.15, 0.2) is 64.7 Å². The van der Waals surface area contributed by atoms with Gasteiger partial charge in [-0.25, -0.2) is 0 Å². The number of ether oxygens (including phenoxy) is 1. The molecule has 3 heterocycles. The van der Waals surface area contributed by atoms with E-state index in [1.807, 2.05) is 60.4 Å². The molecule has 1 amide bonds. The van der Waals surface area contributed by atoms with Crippen molar-refractivity contribution in [2.24, 2.45) is 0 Å². The Hall–Kier alpha value is -3.42. The summed E-state index contributed by atoms with van der Waals surface area (Å²) in [7, 11) is 0. The van der Waals surface area contributed by atoms with Crippen molar-refractivity contribution in [3.05, 3.63) is 82.2 Å². The molecule has 0 aliphatic carbocycles. The van der Waals surface area contributed by atoms with Gasteiger partial charge >= 0.3 is 0 Å². The molecule has 7 nitrogen and oxygen atoms in total. The lowest BCUT2D eigenvalue weighted by molar-refractivity contribution is -0.127. The van der Waals surface area contributed by atoms with Crippen molar-refractivity contribution in [2.75, 3.05) is 32.8 Å². The number of hydrogen-bond donors (Lipinski definition) is 0. The van der Waals surface area contributed by atoms with E-state index in [1.54, 1.807) is 12.1 Å². The molecule has 0 atom stereocenters. The van der Waals surface area contributed by atoms with E-state index in [2.05, 4.69) is 15.0 Å². The van der Waals surface area contributed by atoms with Gasteiger partial charge in [0, 0.05) is 48.4 Å². The Morgan fingerprint density at radius 2 is 1.91 bits per heavy atom. The van der Waals surface area contributed by atoms with Crippen LogP contribution in [0.1, 0.15) is 17.0 Å². The van der Waals surface area contributed by atoms with Gasteiger partial charge in [0.25, 0.3) is 0 Å². The third kappa shape index (κ3) is 5.21. The molecule has 0 bridgehead atoms. The summed E-state index contributed by atoms with van der Waals surface area (Å²) in [6.07, 6.45) is 5.44. The molecule has 174 valence electrons. The maximum Gasteiger partial charge on any atom is 0.246 e. The summed E-state index contributed by atoms with van der Waals surface area (Å²) in [6, 6.07) is 13.6. The molecular weight excluding hydrogens is 452 g/mol. The van der Waals surface area contributed by atoms with Gasteiger partial charge in [0.15, 0.2) is 0 Å². The molecule has 5 rings (SSSR count). The predicted molar refractivity (Wildman–Crippen MR) is 130 cm³/mol. The van der Waals surface area contributed by atoms with E-state index < -0.39 is 0 Å². The van der Waals surface area contributed by atoms with Crippen molar-refractivity contribution in [1.82, 2.24) is 19.9 Å². The number of carbonyl (C=O) groups excluding carboxylic acids is 1. The molecule has 0 saturated carbocycles. The first-order valence-corrected chi connectivity index (χ1v) is 11.6. The standard InChI is InChI=1S/C26H25ClN4O3/c1-18-2-5-20(6-3-18)26-28-24(34-29-26)16-30-10-12-31(13-11-30)25(32)9-4-19-14-21-15-22(27)7-8-23(21)33-17-19/h2-9,14-15H,10-13,16-17H2,1H3/b9-4+. The van der Waals surface area contributed by atoms with Crippen LogP contribution in [0.25, 0.3) is 17.5 Å². The summed E-state index contributed by atoms with van der Waals surface area (Å²) in [6.45, 7) is 5.85. The fourth-order valence-electron chi connectivity index (χ4n) is 4.00. The maximum absolute atomic E-state index is 12.7. The summed E-state index contributed by atoms with van der Waals surface area (Å²) in [4.78, 5) is 21.3. The normalized spacial score (nSPS) is 16.3. The highest BCUT2D eigenvalue weighted by Gasteiger charge is 2.22. The number of aromatic nitrogens is 2. The zero-order valence-corrected chi connectivity index (χ0v) is 19.7. The number of halogens is 1. The van der Waals surface area contributed by atoms with Crippen molar-refractivity contribution in [3.8, 4) is 17.1 Å². The number of aryl methyl sites for hydroxylation is 1. The predicted octanol–water partition coefficient (Wildman–Crippen LogP) is 4.37. The van der Waals surface area contributed by atoms with Crippen molar-refractivity contribution in [2.45, 2.75) is 13.5 Å². The first-order chi connectivity index (χ1) is 16.5. The van der Waals surface area contributed by atoms with E-state index in [1.165, 1.54) is 5.56 Å². The zero-order chi connectivity index (χ0) is 23.5. The average Bonchev–Trinajstić information content (AvgIpc) is 3.31. The molecule has 1 saturated heterocycles. The molecular formula is C26H25ClN4O3. The second-order valence-corrected chi connectivity index (χ2v) is 8.94. The Morgan fingerprint density at radius 3 is 2.71 bits per heavy atom. The SMILES string of the molecule is Cc1ccc(-c2noc(CN3CCN(C(=O)/C=C/C4=Cc5cc(Cl)ccc5OC4)CC3)n2)cc1. The summed E-state index contributed by atoms with van der Waals surface area (Å²) < 4.78 is 11.2. The number of amides is 1. The topological polar surface area (TPSA) is 71.7 Å². The van der Waals surface area contributed by atoms with E-state index in [0.29, 0.717) is 43.0 Å². The van der Waals surface area contributed by atoms with E-state index in [-0.39, 0.29) is 5.91 Å². The summed E-state index contributed by atoms with van der Waals surface area (Å²) in [5.41, 5.74) is 3.98.